The number of H-pyrrole nitrogens is 2. The van der Waals surface area contributed by atoms with E-state index in [0.29, 0.717) is 86.2 Å². The summed E-state index contributed by atoms with van der Waals surface area (Å²) < 4.78 is 52.3. The maximum atomic E-state index is 12.5. The van der Waals surface area contributed by atoms with Gasteiger partial charge in [-0.25, -0.2) is 27.7 Å². The Labute approximate surface area is 516 Å². The van der Waals surface area contributed by atoms with Gasteiger partial charge in [-0.2, -0.15) is 0 Å². The van der Waals surface area contributed by atoms with Crippen LogP contribution >= 0.6 is 46.0 Å². The first-order valence-corrected chi connectivity index (χ1v) is 35.5. The molecule has 0 aliphatic carbocycles. The number of amides is 1. The Balaban J connectivity index is 0.000000211. The molecule has 7 heterocycles. The van der Waals surface area contributed by atoms with Crippen LogP contribution in [-0.4, -0.2) is 123 Å². The normalized spacial score (nSPS) is 20.3. The van der Waals surface area contributed by atoms with Crippen LogP contribution in [0.5, 0.6) is 0 Å². The van der Waals surface area contributed by atoms with Crippen molar-refractivity contribution >= 4 is 91.5 Å². The molecule has 2 atom stereocenters. The highest BCUT2D eigenvalue weighted by Gasteiger charge is 2.51. The number of halogens is 2. The lowest BCUT2D eigenvalue weighted by Crippen LogP contribution is -2.27. The lowest BCUT2D eigenvalue weighted by molar-refractivity contribution is -0.130. The summed E-state index contributed by atoms with van der Waals surface area (Å²) in [6, 6.07) is 22.3. The number of carbonyl (C=O) groups excluding carboxylic acids is 3. The lowest BCUT2D eigenvalue weighted by Gasteiger charge is -2.33. The van der Waals surface area contributed by atoms with Crippen LogP contribution in [0, 0.1) is 35.5 Å². The Morgan fingerprint density at radius 1 is 0.640 bits per heavy atom. The Hall–Kier alpha value is -5.71. The van der Waals surface area contributed by atoms with Crippen molar-refractivity contribution in [2.24, 2.45) is 11.8 Å². The summed E-state index contributed by atoms with van der Waals surface area (Å²) in [4.78, 5) is 65.6. The van der Waals surface area contributed by atoms with Crippen LogP contribution in [-0.2, 0) is 58.6 Å². The zero-order chi connectivity index (χ0) is 62.5. The Morgan fingerprint density at radius 2 is 1.08 bits per heavy atom. The molecular weight excluding hydrogens is 1190 g/mol. The number of ketones is 2. The first kappa shape index (κ1) is 71.0. The fourth-order valence-electron chi connectivity index (χ4n) is 9.77. The van der Waals surface area contributed by atoms with Crippen molar-refractivity contribution in [2.45, 2.75) is 112 Å². The topological polar surface area (TPSA) is 243 Å². The van der Waals surface area contributed by atoms with E-state index in [1.165, 1.54) is 19.6 Å². The molecule has 1 amide bonds. The summed E-state index contributed by atoms with van der Waals surface area (Å²) in [5, 5.41) is 14.6. The minimum Gasteiger partial charge on any atom is -0.472 e. The van der Waals surface area contributed by atoms with Crippen LogP contribution in [0.4, 0.5) is 0 Å². The molecule has 0 spiro atoms. The summed E-state index contributed by atoms with van der Waals surface area (Å²) >= 11 is 12.4. The predicted molar refractivity (Wildman–Crippen MR) is 343 cm³/mol. The second-order valence-electron chi connectivity index (χ2n) is 20.8. The number of likely N-dealkylation sites (tertiary alicyclic amines) is 1. The van der Waals surface area contributed by atoms with Gasteiger partial charge in [0.05, 0.1) is 28.5 Å². The number of fused-ring (bicyclic) bond motifs is 2. The van der Waals surface area contributed by atoms with Crippen molar-refractivity contribution in [1.82, 2.24) is 35.1 Å². The van der Waals surface area contributed by atoms with Gasteiger partial charge in [0, 0.05) is 97.3 Å². The molecule has 0 radical (unpaired) electrons. The third kappa shape index (κ3) is 23.8. The van der Waals surface area contributed by atoms with Crippen LogP contribution in [0.3, 0.4) is 0 Å². The molecule has 3 aliphatic rings. The minimum absolute atomic E-state index is 0.109. The number of carbonyl (C=O) groups is 4. The SMILES string of the molecule is CCCP1(=O)OP(=O)(CCC)OP(=O)(CCC)O1.CCN(CC)CC.O=C(CCc1ccnc2[nH]cc(Cl)c12)CC1CCN(C(=O)C#Cc2ccccc2)C1.O=C(CCc1ccnc2[nH]cc(Cl)c12)CC1CCNC1.O=C(O)C#Cc1ccccc1. The van der Waals surface area contributed by atoms with E-state index in [1.54, 1.807) is 62.6 Å². The van der Waals surface area contributed by atoms with Crippen molar-refractivity contribution in [1.29, 1.82) is 0 Å². The van der Waals surface area contributed by atoms with Gasteiger partial charge in [0.1, 0.15) is 22.9 Å². The molecule has 3 saturated heterocycles. The number of hydrogen-bond donors (Lipinski definition) is 4. The van der Waals surface area contributed by atoms with Crippen LogP contribution in [0.2, 0.25) is 10.0 Å². The number of aliphatic carboxylic acids is 1. The zero-order valence-corrected chi connectivity index (χ0v) is 54.4. The van der Waals surface area contributed by atoms with Gasteiger partial charge in [0.2, 0.25) is 0 Å². The van der Waals surface area contributed by atoms with Gasteiger partial charge in [-0.1, -0.05) is 113 Å². The first-order valence-electron chi connectivity index (χ1n) is 29.5. The quantitative estimate of drug-likeness (QED) is 0.0435. The first-order chi connectivity index (χ1) is 41.3. The monoisotopic (exact) mass is 1280 g/mol. The molecule has 2 unspecified atom stereocenters. The number of pyridine rings is 2. The molecule has 3 fully saturated rings. The molecule has 2 aromatic carbocycles. The van der Waals surface area contributed by atoms with E-state index in [0.717, 1.165) is 76.7 Å². The van der Waals surface area contributed by atoms with Crippen molar-refractivity contribution in [3.8, 4) is 23.7 Å². The fraction of sp³-hybridized carbons (Fsp3) is 0.460. The molecule has 4 N–H and O–H groups in total. The molecule has 6 aromatic rings. The number of nitrogens with zero attached hydrogens (tertiary/aromatic N) is 4. The molecular formula is C63H82Cl2N7O11P3. The standard InChI is InChI=1S/C24H22ClN3O2.C15H18ClN3O.C9H21O6P3.C9H6O2.C6H15N/c25-21-15-27-24-23(21)19(10-12-26-24)7-8-20(29)14-18-11-13-28(16-18)22(30)9-6-17-4-2-1-3-5-17;16-13-9-19-15-14(13)11(4-6-18-15)1-2-12(20)7-10-3-5-17-8-10;1-4-7-16(10)13-17(11,8-5-2)15-18(12,14-16)9-6-3;10-9(11)7-6-8-4-2-1-3-5-8;1-4-7(5-2)6-3/h1-5,10,12,15,18H,7-8,11,13-14,16H2,(H,26,27);4,6,9-10,17H,1-3,5,7-8H2,(H,18,19);4-9H2,1-3H3;1-5H,(H,10,11);4-6H2,1-3H3. The highest BCUT2D eigenvalue weighted by molar-refractivity contribution is 7.80. The second kappa shape index (κ2) is 36.6. The second-order valence-corrected chi connectivity index (χ2v) is 28.6. The summed E-state index contributed by atoms with van der Waals surface area (Å²) in [6.07, 6.45) is 14.4. The van der Waals surface area contributed by atoms with Gasteiger partial charge >= 0.3 is 28.8 Å². The number of carboxylic acid groups (broad SMARTS) is 1. The Kier molecular flexibility index (Phi) is 30.2. The van der Waals surface area contributed by atoms with E-state index in [-0.39, 0.29) is 36.1 Å². The fourth-order valence-corrected chi connectivity index (χ4v) is 19.6. The maximum absolute atomic E-state index is 12.5. The van der Waals surface area contributed by atoms with E-state index in [2.05, 4.69) is 68.7 Å². The smallest absolute Gasteiger partial charge is 0.382 e. The number of Topliss-reactive ketones (excluding diaryl/α,β-unsaturated/α-hetero) is 2. The van der Waals surface area contributed by atoms with E-state index in [9.17, 15) is 32.9 Å². The lowest BCUT2D eigenvalue weighted by atomic mass is 9.97. The molecule has 0 bridgehead atoms. The van der Waals surface area contributed by atoms with Crippen LogP contribution in [0.25, 0.3) is 22.1 Å². The number of aromatic nitrogens is 4. The van der Waals surface area contributed by atoms with Crippen LogP contribution in [0.1, 0.15) is 122 Å². The van der Waals surface area contributed by atoms with Gasteiger partial charge in [-0.05, 0) is 137 Å². The molecule has 464 valence electrons. The molecule has 3 aliphatic heterocycles. The largest absolute Gasteiger partial charge is 0.472 e. The summed E-state index contributed by atoms with van der Waals surface area (Å²) in [5.41, 5.74) is 5.20. The zero-order valence-electron chi connectivity index (χ0n) is 50.2. The van der Waals surface area contributed by atoms with Crippen molar-refractivity contribution in [3.05, 3.63) is 130 Å². The van der Waals surface area contributed by atoms with Gasteiger partial charge in [0.15, 0.2) is 0 Å². The van der Waals surface area contributed by atoms with Crippen molar-refractivity contribution in [2.75, 3.05) is 64.3 Å². The molecule has 23 heteroatoms. The third-order valence-electron chi connectivity index (χ3n) is 14.1. The Morgan fingerprint density at radius 3 is 1.48 bits per heavy atom. The van der Waals surface area contributed by atoms with E-state index >= 15 is 0 Å². The van der Waals surface area contributed by atoms with E-state index in [1.807, 2.05) is 66.6 Å². The highest BCUT2D eigenvalue weighted by atomic mass is 35.5. The molecule has 18 nitrogen and oxygen atoms in total. The molecule has 9 rings (SSSR count). The van der Waals surface area contributed by atoms with Crippen LogP contribution in [0.15, 0.2) is 97.6 Å². The number of rotatable bonds is 19. The average Bonchev–Trinajstić information content (AvgIpc) is 2.90. The van der Waals surface area contributed by atoms with Crippen LogP contribution < -0.4 is 5.32 Å². The predicted octanol–water partition coefficient (Wildman–Crippen LogP) is 14.1. The molecule has 0 saturated carbocycles. The van der Waals surface area contributed by atoms with E-state index < -0.39 is 28.8 Å². The van der Waals surface area contributed by atoms with Gasteiger partial charge < -0.3 is 30.2 Å². The summed E-state index contributed by atoms with van der Waals surface area (Å²) in [5.74, 6) is 10.1. The maximum Gasteiger partial charge on any atom is 0.382 e. The number of aromatic amines is 2. The third-order valence-corrected chi connectivity index (χ3v) is 23.6. The Bertz CT molecular complexity index is 3340. The number of carboxylic acids is 1. The molecule has 86 heavy (non-hydrogen) atoms. The van der Waals surface area contributed by atoms with Crippen molar-refractivity contribution in [3.63, 3.8) is 0 Å². The average molecular weight is 1280 g/mol. The number of hydrogen-bond acceptors (Lipinski definition) is 14. The number of aryl methyl sites for hydroxylation is 2. The van der Waals surface area contributed by atoms with E-state index in [4.69, 9.17) is 41.2 Å². The number of benzene rings is 2. The van der Waals surface area contributed by atoms with Crippen molar-refractivity contribution < 1.29 is 50.9 Å². The van der Waals surface area contributed by atoms with Gasteiger partial charge in [-0.3, -0.25) is 28.1 Å². The highest BCUT2D eigenvalue weighted by Crippen LogP contribution is 2.82. The summed E-state index contributed by atoms with van der Waals surface area (Å²) in [6.45, 7) is 18.8. The number of nitrogens with one attached hydrogen (secondary N) is 3. The summed E-state index contributed by atoms with van der Waals surface area (Å²) in [7, 11) is -10.7. The van der Waals surface area contributed by atoms with Gasteiger partial charge in [-0.15, -0.1) is 0 Å². The van der Waals surface area contributed by atoms with Gasteiger partial charge in [0.25, 0.3) is 5.91 Å². The minimum atomic E-state index is -3.57. The molecule has 4 aromatic heterocycles.